The quantitative estimate of drug-likeness (QED) is 0.0838. The van der Waals surface area contributed by atoms with Gasteiger partial charge in [-0.05, 0) is 111 Å². The first-order valence-electron chi connectivity index (χ1n) is 22.3. The van der Waals surface area contributed by atoms with Crippen molar-refractivity contribution in [1.82, 2.24) is 14.9 Å². The van der Waals surface area contributed by atoms with Crippen molar-refractivity contribution in [1.29, 1.82) is 0 Å². The van der Waals surface area contributed by atoms with Gasteiger partial charge in [0.05, 0.1) is 35.8 Å². The molecule has 2 aliphatic carbocycles. The molecule has 61 heavy (non-hydrogen) atoms. The molecule has 2 aromatic carbocycles. The summed E-state index contributed by atoms with van der Waals surface area (Å²) < 4.78 is 58.3. The van der Waals surface area contributed by atoms with E-state index in [-0.39, 0.29) is 53.9 Å². The number of halogens is 2. The Balaban J connectivity index is 1.38. The third-order valence-electron chi connectivity index (χ3n) is 13.5. The Morgan fingerprint density at radius 1 is 0.869 bits per heavy atom. The summed E-state index contributed by atoms with van der Waals surface area (Å²) in [5.41, 5.74) is 6.61. The number of carbonyl (C=O) groups is 1. The van der Waals surface area contributed by atoms with Crippen molar-refractivity contribution in [2.75, 3.05) is 39.0 Å². The molecule has 0 N–H and O–H groups in total. The van der Waals surface area contributed by atoms with Crippen molar-refractivity contribution in [3.05, 3.63) is 52.7 Å². The number of aromatic nitrogens is 2. The number of nitrogens with zero attached hydrogens (tertiary/aromatic N) is 4. The number of pyridine rings is 2. The third kappa shape index (κ3) is 7.83. The predicted octanol–water partition coefficient (Wildman–Crippen LogP) is 11.6. The zero-order valence-corrected chi connectivity index (χ0v) is 38.8. The average Bonchev–Trinajstić information content (AvgIpc) is 4.14. The van der Waals surface area contributed by atoms with Crippen molar-refractivity contribution < 1.29 is 32.5 Å². The summed E-state index contributed by atoms with van der Waals surface area (Å²) in [6, 6.07) is 6.52. The molecule has 4 fully saturated rings. The van der Waals surface area contributed by atoms with Gasteiger partial charge in [-0.2, -0.15) is 0 Å². The fourth-order valence-corrected chi connectivity index (χ4v) is 15.8. The van der Waals surface area contributed by atoms with Crippen LogP contribution in [0.25, 0.3) is 32.8 Å². The molecule has 2 aromatic heterocycles. The van der Waals surface area contributed by atoms with Crippen LogP contribution in [0.1, 0.15) is 129 Å². The molecule has 326 valence electrons. The lowest BCUT2D eigenvalue weighted by Gasteiger charge is -2.42. The van der Waals surface area contributed by atoms with Gasteiger partial charge in [0.15, 0.2) is 12.6 Å². The summed E-state index contributed by atoms with van der Waals surface area (Å²) in [7, 11) is 0.800. The Bertz CT molecular complexity index is 2390. The molecule has 4 aromatic rings. The van der Waals surface area contributed by atoms with Crippen LogP contribution in [-0.4, -0.2) is 80.8 Å². The van der Waals surface area contributed by atoms with Crippen LogP contribution in [0.3, 0.4) is 0 Å². The number of hydrogen-bond donors (Lipinski definition) is 0. The highest BCUT2D eigenvalue weighted by atomic mass is 28.3. The number of fused-ring (bicyclic) bond motifs is 4. The molecule has 2 unspecified atom stereocenters. The number of ether oxygens (including phenoxy) is 4. The van der Waals surface area contributed by atoms with E-state index in [1.807, 2.05) is 31.7 Å². The number of rotatable bonds is 11. The molecule has 2 saturated heterocycles. The van der Waals surface area contributed by atoms with Crippen LogP contribution in [0.15, 0.2) is 24.3 Å². The molecule has 4 heterocycles. The molecule has 8 rings (SSSR count). The molecule has 2 aliphatic heterocycles. The molecule has 12 heteroatoms. The second kappa shape index (κ2) is 16.3. The molecule has 2 saturated carbocycles. The maximum atomic E-state index is 18.4. The lowest BCUT2D eigenvalue weighted by molar-refractivity contribution is 0.0122. The van der Waals surface area contributed by atoms with Gasteiger partial charge in [-0.3, -0.25) is 4.90 Å². The van der Waals surface area contributed by atoms with Crippen molar-refractivity contribution >= 4 is 41.5 Å². The van der Waals surface area contributed by atoms with E-state index in [0.717, 1.165) is 49.8 Å². The summed E-state index contributed by atoms with van der Waals surface area (Å²) in [5.74, 6) is 4.12. The van der Waals surface area contributed by atoms with E-state index in [0.29, 0.717) is 68.4 Å². The third-order valence-corrected chi connectivity index (χ3v) is 19.8. The van der Waals surface area contributed by atoms with Crippen LogP contribution in [0, 0.1) is 23.1 Å². The van der Waals surface area contributed by atoms with Crippen LogP contribution in [0.4, 0.5) is 19.4 Å². The molecule has 0 radical (unpaired) electrons. The number of carbonyl (C=O) groups excluding carboxylic acids is 1. The minimum absolute atomic E-state index is 0.0319. The van der Waals surface area contributed by atoms with E-state index in [4.69, 9.17) is 28.9 Å². The first-order valence-corrected chi connectivity index (χ1v) is 24.5. The molecular weight excluding hydrogens is 791 g/mol. The molecular formula is C49H62F2N4O5Si. The van der Waals surface area contributed by atoms with E-state index in [9.17, 15) is 4.79 Å². The summed E-state index contributed by atoms with van der Waals surface area (Å²) >= 11 is 0. The highest BCUT2D eigenvalue weighted by Crippen LogP contribution is 2.55. The Labute approximate surface area is 360 Å². The van der Waals surface area contributed by atoms with Crippen LogP contribution in [0.2, 0.25) is 16.6 Å². The van der Waals surface area contributed by atoms with Gasteiger partial charge >= 0.3 is 6.09 Å². The SMILES string of the molecule is COCOc1cc(-c2nc(OC)c3c(N4CC5CCC(C4)N5C(=O)OC(C)(C)C)nc(C4CC4)c(C4CC4)c3c2F)c2c(C#C[Si](C(C)C)(C(C)C)C(C)C)c(F)ccc2c1. The van der Waals surface area contributed by atoms with Crippen LogP contribution >= 0.6 is 0 Å². The zero-order valence-electron chi connectivity index (χ0n) is 37.8. The second-order valence-corrected chi connectivity index (χ2v) is 25.3. The summed E-state index contributed by atoms with van der Waals surface area (Å²) in [6.07, 6.45) is 5.24. The number of methoxy groups -OCH3 is 2. The molecule has 4 aliphatic rings. The molecule has 1 amide bonds. The van der Waals surface area contributed by atoms with Gasteiger partial charge in [0.1, 0.15) is 36.8 Å². The lowest BCUT2D eigenvalue weighted by Crippen LogP contribution is -2.57. The monoisotopic (exact) mass is 852 g/mol. The molecule has 0 spiro atoms. The highest BCUT2D eigenvalue weighted by molar-refractivity contribution is 6.90. The van der Waals surface area contributed by atoms with Gasteiger partial charge in [-0.15, -0.1) is 5.54 Å². The maximum Gasteiger partial charge on any atom is 0.410 e. The Kier molecular flexibility index (Phi) is 11.6. The number of hydrogen-bond acceptors (Lipinski definition) is 8. The van der Waals surface area contributed by atoms with Crippen molar-refractivity contribution in [3.8, 4) is 34.4 Å². The summed E-state index contributed by atoms with van der Waals surface area (Å²) in [5, 5.41) is 2.12. The van der Waals surface area contributed by atoms with Gasteiger partial charge in [0.2, 0.25) is 5.88 Å². The maximum absolute atomic E-state index is 18.4. The second-order valence-electron chi connectivity index (χ2n) is 19.7. The first kappa shape index (κ1) is 43.2. The van der Waals surface area contributed by atoms with Crippen molar-refractivity contribution in [3.63, 3.8) is 0 Å². The summed E-state index contributed by atoms with van der Waals surface area (Å²) in [6.45, 7) is 20.1. The minimum atomic E-state index is -2.30. The van der Waals surface area contributed by atoms with Crippen LogP contribution in [-0.2, 0) is 9.47 Å². The van der Waals surface area contributed by atoms with E-state index >= 15 is 8.78 Å². The van der Waals surface area contributed by atoms with Gasteiger partial charge in [0.25, 0.3) is 0 Å². The van der Waals surface area contributed by atoms with Gasteiger partial charge in [-0.25, -0.2) is 23.5 Å². The predicted molar refractivity (Wildman–Crippen MR) is 240 cm³/mol. The molecule has 9 nitrogen and oxygen atoms in total. The number of benzene rings is 2. The fraction of sp³-hybridized carbons (Fsp3) is 0.571. The Morgan fingerprint density at radius 3 is 2.07 bits per heavy atom. The van der Waals surface area contributed by atoms with Gasteiger partial charge < -0.3 is 23.8 Å². The van der Waals surface area contributed by atoms with E-state index < -0.39 is 25.3 Å². The normalized spacial score (nSPS) is 19.3. The van der Waals surface area contributed by atoms with Gasteiger partial charge in [-0.1, -0.05) is 53.5 Å². The van der Waals surface area contributed by atoms with Crippen molar-refractivity contribution in [2.45, 2.75) is 147 Å². The number of anilines is 1. The van der Waals surface area contributed by atoms with Gasteiger partial charge in [0, 0.05) is 42.5 Å². The largest absolute Gasteiger partial charge is 0.480 e. The topological polar surface area (TPSA) is 86.2 Å². The van der Waals surface area contributed by atoms with Crippen LogP contribution in [0.5, 0.6) is 11.6 Å². The molecule has 2 bridgehead atoms. The summed E-state index contributed by atoms with van der Waals surface area (Å²) in [4.78, 5) is 28.1. The Morgan fingerprint density at radius 2 is 1.51 bits per heavy atom. The lowest BCUT2D eigenvalue weighted by atomic mass is 9.92. The number of amides is 1. The zero-order chi connectivity index (χ0) is 43.7. The standard InChI is InChI=1S/C49H62F2N4O5Si/c1-27(2)61(28(3)4,29(5)6)21-20-36-38(50)19-16-32-22-35(59-26-57-10)23-37(39(32)36)45-43(51)41-40(30-12-13-30)44(31-14-15-31)52-46(42(41)47(53-45)58-11)54-24-33-17-18-34(25-54)55(33)48(56)60-49(7,8)9/h16,19,22-23,27-31,33-34H,12-15,17-18,24-26H2,1-11H3. The molecule has 2 atom stereocenters. The highest BCUT2D eigenvalue weighted by Gasteiger charge is 2.47. The van der Waals surface area contributed by atoms with E-state index in [1.54, 1.807) is 26.4 Å². The minimum Gasteiger partial charge on any atom is -0.480 e. The Hall–Kier alpha value is -4.47. The van der Waals surface area contributed by atoms with E-state index in [2.05, 4.69) is 57.9 Å². The average molecular weight is 853 g/mol. The number of piperazine rings is 1. The fourth-order valence-electron chi connectivity index (χ4n) is 10.6. The van der Waals surface area contributed by atoms with Crippen molar-refractivity contribution in [2.24, 2.45) is 0 Å². The first-order chi connectivity index (χ1) is 29.0. The smallest absolute Gasteiger partial charge is 0.410 e. The van der Waals surface area contributed by atoms with E-state index in [1.165, 1.54) is 6.07 Å². The van der Waals surface area contributed by atoms with Crippen LogP contribution < -0.4 is 14.4 Å².